The van der Waals surface area contributed by atoms with Gasteiger partial charge in [0.25, 0.3) is 0 Å². The lowest BCUT2D eigenvalue weighted by atomic mass is 10.0. The summed E-state index contributed by atoms with van der Waals surface area (Å²) in [6.07, 6.45) is 3.60. The zero-order chi connectivity index (χ0) is 9.30. The number of ketones is 1. The quantitative estimate of drug-likeness (QED) is 0.604. The molecular weight excluding hydrogens is 152 g/mol. The van der Waals surface area contributed by atoms with Gasteiger partial charge in [-0.25, -0.2) is 0 Å². The van der Waals surface area contributed by atoms with Crippen molar-refractivity contribution in [1.29, 1.82) is 0 Å². The van der Waals surface area contributed by atoms with E-state index in [1.54, 1.807) is 13.0 Å². The molecule has 0 radical (unpaired) electrons. The summed E-state index contributed by atoms with van der Waals surface area (Å²) in [4.78, 5) is 11.1. The molecule has 64 valence electrons. The molecule has 0 bridgehead atoms. The fourth-order valence-electron chi connectivity index (χ4n) is 1.36. The highest BCUT2D eigenvalue weighted by Gasteiger charge is 2.17. The van der Waals surface area contributed by atoms with E-state index >= 15 is 0 Å². The number of allylic oxidation sites excluding steroid dienone is 6. The molecule has 12 heavy (non-hydrogen) atoms. The molecule has 2 nitrogen and oxygen atoms in total. The first-order valence-electron chi connectivity index (χ1n) is 3.84. The minimum atomic E-state index is 0.000833. The van der Waals surface area contributed by atoms with Crippen LogP contribution in [0.15, 0.2) is 34.6 Å². The number of carbonyl (C=O) groups excluding carboxylic acids is 1. The van der Waals surface area contributed by atoms with E-state index in [4.69, 9.17) is 0 Å². The summed E-state index contributed by atoms with van der Waals surface area (Å²) < 4.78 is 0. The van der Waals surface area contributed by atoms with Crippen LogP contribution >= 0.6 is 0 Å². The molecule has 0 atom stereocenters. The maximum atomic E-state index is 11.1. The minimum Gasteiger partial charge on any atom is -0.512 e. The first-order chi connectivity index (χ1) is 5.54. The number of Topliss-reactive ketones (excluding diaryl/α,β-unsaturated/α-hetero) is 1. The summed E-state index contributed by atoms with van der Waals surface area (Å²) in [5.41, 5.74) is 2.21. The lowest BCUT2D eigenvalue weighted by Gasteiger charge is -2.02. The van der Waals surface area contributed by atoms with Crippen molar-refractivity contribution in [2.75, 3.05) is 0 Å². The molecule has 0 spiro atoms. The number of aliphatic hydroxyl groups excluding tert-OH is 1. The van der Waals surface area contributed by atoms with Crippen LogP contribution in [0.4, 0.5) is 0 Å². The van der Waals surface area contributed by atoms with Crippen molar-refractivity contribution in [2.45, 2.75) is 20.8 Å². The fraction of sp³-hybridized carbons (Fsp3) is 0.300. The van der Waals surface area contributed by atoms with Crippen LogP contribution in [0.2, 0.25) is 0 Å². The molecule has 2 heteroatoms. The zero-order valence-electron chi connectivity index (χ0n) is 7.51. The molecule has 0 aliphatic heterocycles. The second-order valence-electron chi connectivity index (χ2n) is 2.95. The molecule has 0 aromatic carbocycles. The molecule has 1 aliphatic carbocycles. The highest BCUT2D eigenvalue weighted by atomic mass is 16.3. The van der Waals surface area contributed by atoms with Gasteiger partial charge in [0, 0.05) is 11.1 Å². The first-order valence-corrected chi connectivity index (χ1v) is 3.84. The maximum absolute atomic E-state index is 11.1. The Bertz CT molecular complexity index is 313. The van der Waals surface area contributed by atoms with Gasteiger partial charge in [-0.2, -0.15) is 0 Å². The molecule has 1 rings (SSSR count). The van der Waals surface area contributed by atoms with Crippen molar-refractivity contribution in [3.63, 3.8) is 0 Å². The standard InChI is InChI=1S/C10H12O2/c1-6-4-5-9(7(2)11)10(6)8(3)12/h4-5,11H,1-3H3/b9-7+. The molecule has 0 saturated heterocycles. The fourth-order valence-corrected chi connectivity index (χ4v) is 1.36. The van der Waals surface area contributed by atoms with Crippen LogP contribution in [0.1, 0.15) is 20.8 Å². The van der Waals surface area contributed by atoms with Crippen molar-refractivity contribution in [3.8, 4) is 0 Å². The van der Waals surface area contributed by atoms with Crippen LogP contribution in [0.5, 0.6) is 0 Å². The number of hydrogen-bond donors (Lipinski definition) is 1. The minimum absolute atomic E-state index is 0.000833. The van der Waals surface area contributed by atoms with Gasteiger partial charge in [-0.15, -0.1) is 0 Å². The zero-order valence-corrected chi connectivity index (χ0v) is 7.51. The third-order valence-electron chi connectivity index (χ3n) is 1.91. The van der Waals surface area contributed by atoms with Gasteiger partial charge in [-0.3, -0.25) is 4.79 Å². The topological polar surface area (TPSA) is 37.3 Å². The molecule has 0 unspecified atom stereocenters. The Labute approximate surface area is 71.9 Å². The molecule has 0 amide bonds. The van der Waals surface area contributed by atoms with Crippen molar-refractivity contribution in [1.82, 2.24) is 0 Å². The van der Waals surface area contributed by atoms with Gasteiger partial charge in [-0.1, -0.05) is 12.2 Å². The van der Waals surface area contributed by atoms with Crippen LogP contribution in [-0.4, -0.2) is 10.9 Å². The summed E-state index contributed by atoms with van der Waals surface area (Å²) in [5, 5.41) is 9.23. The Morgan fingerprint density at radius 2 is 1.92 bits per heavy atom. The summed E-state index contributed by atoms with van der Waals surface area (Å²) >= 11 is 0. The Balaban J connectivity index is 3.22. The lowest BCUT2D eigenvalue weighted by Crippen LogP contribution is -1.99. The molecular formula is C10H12O2. The van der Waals surface area contributed by atoms with Crippen LogP contribution in [0, 0.1) is 0 Å². The predicted molar refractivity (Wildman–Crippen MR) is 47.8 cm³/mol. The average Bonchev–Trinajstić information content (AvgIpc) is 2.30. The average molecular weight is 164 g/mol. The van der Waals surface area contributed by atoms with E-state index in [9.17, 15) is 9.90 Å². The van der Waals surface area contributed by atoms with Gasteiger partial charge in [0.15, 0.2) is 5.78 Å². The van der Waals surface area contributed by atoms with Crippen LogP contribution < -0.4 is 0 Å². The van der Waals surface area contributed by atoms with Crippen LogP contribution in [0.3, 0.4) is 0 Å². The number of hydrogen-bond acceptors (Lipinski definition) is 2. The number of aliphatic hydroxyl groups is 1. The van der Waals surface area contributed by atoms with Gasteiger partial charge in [0.1, 0.15) is 0 Å². The molecule has 0 saturated carbocycles. The third kappa shape index (κ3) is 1.33. The second kappa shape index (κ2) is 2.97. The van der Waals surface area contributed by atoms with Gasteiger partial charge in [0.05, 0.1) is 5.76 Å². The molecule has 0 aromatic heterocycles. The Kier molecular flexibility index (Phi) is 2.18. The Hall–Kier alpha value is -1.31. The van der Waals surface area contributed by atoms with Crippen molar-refractivity contribution in [3.05, 3.63) is 34.6 Å². The third-order valence-corrected chi connectivity index (χ3v) is 1.91. The summed E-state index contributed by atoms with van der Waals surface area (Å²) in [6, 6.07) is 0. The van der Waals surface area contributed by atoms with E-state index in [2.05, 4.69) is 0 Å². The summed E-state index contributed by atoms with van der Waals surface area (Å²) in [6.45, 7) is 4.96. The summed E-state index contributed by atoms with van der Waals surface area (Å²) in [7, 11) is 0. The normalized spacial score (nSPS) is 20.2. The molecule has 1 aliphatic rings. The molecule has 1 N–H and O–H groups in total. The molecule has 0 fully saturated rings. The van der Waals surface area contributed by atoms with Crippen molar-refractivity contribution in [2.24, 2.45) is 0 Å². The molecule has 0 heterocycles. The molecule has 0 aromatic rings. The van der Waals surface area contributed by atoms with E-state index in [0.29, 0.717) is 11.1 Å². The summed E-state index contributed by atoms with van der Waals surface area (Å²) in [5.74, 6) is 0.203. The van der Waals surface area contributed by atoms with Gasteiger partial charge >= 0.3 is 0 Å². The van der Waals surface area contributed by atoms with Gasteiger partial charge in [0.2, 0.25) is 0 Å². The highest BCUT2D eigenvalue weighted by molar-refractivity contribution is 6.01. The van der Waals surface area contributed by atoms with Crippen molar-refractivity contribution >= 4 is 5.78 Å². The second-order valence-corrected chi connectivity index (χ2v) is 2.95. The lowest BCUT2D eigenvalue weighted by molar-refractivity contribution is -0.113. The number of rotatable bonds is 1. The van der Waals surface area contributed by atoms with E-state index in [1.165, 1.54) is 6.92 Å². The monoisotopic (exact) mass is 164 g/mol. The Morgan fingerprint density at radius 1 is 1.33 bits per heavy atom. The highest BCUT2D eigenvalue weighted by Crippen LogP contribution is 2.26. The van der Waals surface area contributed by atoms with Crippen LogP contribution in [0.25, 0.3) is 0 Å². The van der Waals surface area contributed by atoms with Crippen molar-refractivity contribution < 1.29 is 9.90 Å². The largest absolute Gasteiger partial charge is 0.512 e. The maximum Gasteiger partial charge on any atom is 0.160 e. The smallest absolute Gasteiger partial charge is 0.160 e. The van der Waals surface area contributed by atoms with Gasteiger partial charge < -0.3 is 5.11 Å². The SMILES string of the molecule is CC(=O)C1=C(C)C=C/C1=C(/C)O. The van der Waals surface area contributed by atoms with Gasteiger partial charge in [-0.05, 0) is 26.3 Å². The predicted octanol–water partition coefficient (Wildman–Crippen LogP) is 2.29. The van der Waals surface area contributed by atoms with E-state index in [0.717, 1.165) is 5.57 Å². The van der Waals surface area contributed by atoms with E-state index in [-0.39, 0.29) is 11.5 Å². The number of carbonyl (C=O) groups is 1. The van der Waals surface area contributed by atoms with Crippen LogP contribution in [-0.2, 0) is 4.79 Å². The van der Waals surface area contributed by atoms with E-state index < -0.39 is 0 Å². The van der Waals surface area contributed by atoms with E-state index in [1.807, 2.05) is 13.0 Å². The Morgan fingerprint density at radius 3 is 2.25 bits per heavy atom. The first kappa shape index (κ1) is 8.78.